The number of ether oxygens (including phenoxy) is 5. The summed E-state index contributed by atoms with van der Waals surface area (Å²) < 4.78 is 32.0. The van der Waals surface area contributed by atoms with Crippen LogP contribution in [0.1, 0.15) is 106 Å². The van der Waals surface area contributed by atoms with Crippen LogP contribution in [0.15, 0.2) is 139 Å². The van der Waals surface area contributed by atoms with Crippen molar-refractivity contribution in [2.45, 2.75) is 114 Å². The van der Waals surface area contributed by atoms with Gasteiger partial charge in [0, 0.05) is 50.1 Å². The second kappa shape index (κ2) is 25.2. The summed E-state index contributed by atoms with van der Waals surface area (Å²) in [6.45, 7) is 4.93. The maximum Gasteiger partial charge on any atom is 0.417 e. The Bertz CT molecular complexity index is 2800. The minimum atomic E-state index is -1.47. The number of carbonyl (C=O) groups is 2. The van der Waals surface area contributed by atoms with Crippen LogP contribution < -0.4 is 24.3 Å². The highest BCUT2D eigenvalue weighted by Crippen LogP contribution is 2.62. The summed E-state index contributed by atoms with van der Waals surface area (Å²) in [7, 11) is 3.08. The number of nitrogens with one attached hydrogen (secondary N) is 1. The van der Waals surface area contributed by atoms with Gasteiger partial charge in [-0.05, 0) is 108 Å². The maximum absolute atomic E-state index is 15.6. The van der Waals surface area contributed by atoms with Crippen LogP contribution in [0.4, 0.5) is 10.5 Å². The predicted octanol–water partition coefficient (Wildman–Crippen LogP) is 12.3. The van der Waals surface area contributed by atoms with Crippen molar-refractivity contribution >= 4 is 34.2 Å². The van der Waals surface area contributed by atoms with Crippen LogP contribution >= 0.6 is 0 Å². The van der Waals surface area contributed by atoms with E-state index >= 15 is 4.79 Å². The summed E-state index contributed by atoms with van der Waals surface area (Å²) in [5.74, 6) is -0.0547. The molecule has 5 aromatic carbocycles. The van der Waals surface area contributed by atoms with E-state index in [0.29, 0.717) is 66.1 Å². The molecular formula is C62H73N3O10. The number of allylic oxidation sites excluding steroid dienone is 1. The third-order valence-corrected chi connectivity index (χ3v) is 15.9. The lowest BCUT2D eigenvalue weighted by molar-refractivity contribution is -0.258. The first-order chi connectivity index (χ1) is 36.8. The van der Waals surface area contributed by atoms with Gasteiger partial charge in [-0.3, -0.25) is 10.1 Å². The summed E-state index contributed by atoms with van der Waals surface area (Å²) in [4.78, 5) is 37.8. The zero-order chi connectivity index (χ0) is 52.2. The van der Waals surface area contributed by atoms with E-state index in [2.05, 4.69) is 48.3 Å². The zero-order valence-electron chi connectivity index (χ0n) is 43.5. The van der Waals surface area contributed by atoms with Crippen LogP contribution in [0.5, 0.6) is 23.0 Å². The average molecular weight is 1020 g/mol. The summed E-state index contributed by atoms with van der Waals surface area (Å²) >= 11 is 0. The number of aliphatic hydroxyl groups is 2. The number of rotatable bonds is 24. The predicted molar refractivity (Wildman–Crippen MR) is 291 cm³/mol. The Morgan fingerprint density at radius 2 is 1.61 bits per heavy atom. The lowest BCUT2D eigenvalue weighted by Gasteiger charge is -2.60. The molecule has 6 atom stereocenters. The third kappa shape index (κ3) is 12.1. The fourth-order valence-corrected chi connectivity index (χ4v) is 12.4. The molecule has 5 aromatic rings. The Morgan fingerprint density at radius 3 is 2.39 bits per heavy atom. The summed E-state index contributed by atoms with van der Waals surface area (Å²) in [5.41, 5.74) is 4.85. The van der Waals surface area contributed by atoms with Crippen LogP contribution in [-0.2, 0) is 27.5 Å². The number of oxime groups is 1. The van der Waals surface area contributed by atoms with Gasteiger partial charge in [-0.25, -0.2) is 4.79 Å². The largest absolute Gasteiger partial charge is 0.497 e. The van der Waals surface area contributed by atoms with Crippen molar-refractivity contribution < 1.29 is 48.3 Å². The summed E-state index contributed by atoms with van der Waals surface area (Å²) in [6.07, 6.45) is 13.7. The number of hydrogen-bond acceptors (Lipinski definition) is 11. The summed E-state index contributed by atoms with van der Waals surface area (Å²) in [6, 6.07) is 34.4. The number of anilines is 1. The number of carbonyl (C=O) groups excluding carboxylic acids is 2. The normalized spacial score (nSPS) is 22.3. The molecule has 0 saturated heterocycles. The highest BCUT2D eigenvalue weighted by molar-refractivity contribution is 6.03. The second-order valence-electron chi connectivity index (χ2n) is 20.5. The van der Waals surface area contributed by atoms with E-state index < -0.39 is 23.8 Å². The molecule has 0 radical (unpaired) electrons. The molecule has 2 saturated carbocycles. The van der Waals surface area contributed by atoms with E-state index in [1.807, 2.05) is 59.5 Å². The molecule has 13 nitrogen and oxygen atoms in total. The lowest BCUT2D eigenvalue weighted by atomic mass is 9.55. The van der Waals surface area contributed by atoms with Gasteiger partial charge in [0.05, 0.1) is 38.1 Å². The van der Waals surface area contributed by atoms with Gasteiger partial charge in [-0.15, -0.1) is 6.58 Å². The molecule has 3 aliphatic carbocycles. The quantitative estimate of drug-likeness (QED) is 0.0309. The van der Waals surface area contributed by atoms with Crippen LogP contribution in [0.25, 0.3) is 10.8 Å². The monoisotopic (exact) mass is 1020 g/mol. The van der Waals surface area contributed by atoms with Crippen LogP contribution in [0, 0.1) is 23.7 Å². The van der Waals surface area contributed by atoms with Crippen LogP contribution in [0.2, 0.25) is 0 Å². The molecular weight excluding hydrogens is 947 g/mol. The minimum absolute atomic E-state index is 0.000611. The fourth-order valence-electron chi connectivity index (χ4n) is 12.4. The molecule has 0 unspecified atom stereocenters. The van der Waals surface area contributed by atoms with Crippen molar-refractivity contribution in [3.63, 3.8) is 0 Å². The van der Waals surface area contributed by atoms with Crippen LogP contribution in [-0.4, -0.2) is 78.7 Å². The molecule has 1 aliphatic heterocycles. The summed E-state index contributed by atoms with van der Waals surface area (Å²) in [5, 5.41) is 30.3. The number of methoxy groups -OCH3 is 2. The smallest absolute Gasteiger partial charge is 0.417 e. The molecule has 2 amide bonds. The number of hydrogen-bond donors (Lipinski definition) is 3. The van der Waals surface area contributed by atoms with Gasteiger partial charge >= 0.3 is 6.09 Å². The first-order valence-electron chi connectivity index (χ1n) is 27.0. The Labute approximate surface area is 441 Å². The van der Waals surface area contributed by atoms with E-state index in [4.69, 9.17) is 33.7 Å². The van der Waals surface area contributed by atoms with Gasteiger partial charge < -0.3 is 43.6 Å². The molecule has 1 heterocycles. The van der Waals surface area contributed by atoms with Crippen molar-refractivity contribution in [1.82, 2.24) is 4.90 Å². The SMILES string of the molecule is C=CCO[C@@]12Oc3ccc(OC(=O)Nc4ccc(OC)cc4OC)cc3[C@H]3[C@H](CCCCO)[C@@H](CCCCO)C=C(C(=NOCc4ccccc4)C[C@@H]1N(Cc1cccc4ccccc14)C(=O)CCC1CCCC1)[C@H]32. The van der Waals surface area contributed by atoms with Gasteiger partial charge in [0.15, 0.2) is 0 Å². The van der Waals surface area contributed by atoms with E-state index in [0.717, 1.165) is 78.0 Å². The van der Waals surface area contributed by atoms with Gasteiger partial charge in [-0.2, -0.15) is 0 Å². The molecule has 75 heavy (non-hydrogen) atoms. The highest BCUT2D eigenvalue weighted by atomic mass is 16.7. The number of nitrogens with zero attached hydrogens (tertiary/aromatic N) is 2. The Kier molecular flexibility index (Phi) is 17.9. The number of fused-ring (bicyclic) bond motifs is 3. The van der Waals surface area contributed by atoms with E-state index in [1.54, 1.807) is 37.5 Å². The van der Waals surface area contributed by atoms with Crippen molar-refractivity contribution in [3.8, 4) is 23.0 Å². The fraction of sp³-hybridized carbons (Fsp3) is 0.435. The molecule has 4 aliphatic rings. The molecule has 0 bridgehead atoms. The molecule has 0 spiro atoms. The molecule has 2 fully saturated rings. The second-order valence-corrected chi connectivity index (χ2v) is 20.5. The topological polar surface area (TPSA) is 158 Å². The van der Waals surface area contributed by atoms with Gasteiger partial charge in [0.2, 0.25) is 11.7 Å². The highest BCUT2D eigenvalue weighted by Gasteiger charge is 2.65. The molecule has 0 aromatic heterocycles. The molecule has 3 N–H and O–H groups in total. The lowest BCUT2D eigenvalue weighted by Crippen LogP contribution is -2.70. The Morgan fingerprint density at radius 1 is 0.853 bits per heavy atom. The Hall–Kier alpha value is -6.67. The maximum atomic E-state index is 15.6. The first-order valence-corrected chi connectivity index (χ1v) is 27.0. The van der Waals surface area contributed by atoms with Gasteiger partial charge in [0.25, 0.3) is 0 Å². The van der Waals surface area contributed by atoms with Gasteiger partial charge in [0.1, 0.15) is 35.6 Å². The van der Waals surface area contributed by atoms with Crippen molar-refractivity contribution in [3.05, 3.63) is 150 Å². The van der Waals surface area contributed by atoms with Gasteiger partial charge in [-0.1, -0.05) is 129 Å². The molecule has 13 heteroatoms. The standard InChI is InChI=1S/C62H73N3O10/c1-4-35-72-62-57(65(58(68)32-27-42-17-8-9-18-42)40-46-24-16-23-44-21-10-11-25-49(44)46)39-54(64-73-41-43-19-6-5-7-20-43)51-36-45(22-12-14-33-66)50(26-13-15-34-67)59(60(51)62)52-37-48(29-31-55(52)75-62)74-61(69)63-53-30-28-47(70-2)38-56(53)71-3/h4-7,10-11,16,19-21,23-25,28-31,36-38,42,45,50,57,59-60,66-67H,1,8-9,12-15,17-18,22,26-27,32-35,39-41H2,2-3H3,(H,63,69)/t45-,50+,57-,59+,60+,62+/m0/s1. The van der Waals surface area contributed by atoms with Crippen molar-refractivity contribution in [2.75, 3.05) is 39.4 Å². The number of benzene rings is 5. The molecule has 396 valence electrons. The van der Waals surface area contributed by atoms with Crippen molar-refractivity contribution in [1.29, 1.82) is 0 Å². The average Bonchev–Trinajstić information content (AvgIpc) is 3.98. The number of unbranched alkanes of at least 4 members (excludes halogenated alkanes) is 2. The van der Waals surface area contributed by atoms with E-state index in [-0.39, 0.29) is 56.5 Å². The minimum Gasteiger partial charge on any atom is -0.497 e. The molecule has 9 rings (SSSR count). The number of aliphatic hydroxyl groups excluding tert-OH is 2. The van der Waals surface area contributed by atoms with E-state index in [1.165, 1.54) is 20.0 Å². The number of amides is 2. The van der Waals surface area contributed by atoms with E-state index in [9.17, 15) is 15.0 Å². The Balaban J connectivity index is 1.21. The van der Waals surface area contributed by atoms with Crippen LogP contribution in [0.3, 0.4) is 0 Å². The first kappa shape index (κ1) is 53.2. The van der Waals surface area contributed by atoms with Crippen molar-refractivity contribution in [2.24, 2.45) is 28.8 Å². The third-order valence-electron chi connectivity index (χ3n) is 15.9. The zero-order valence-corrected chi connectivity index (χ0v) is 43.5.